The van der Waals surface area contributed by atoms with Gasteiger partial charge in [-0.05, 0) is 68.7 Å². The Balaban J connectivity index is 1.31. The Hall–Kier alpha value is -3.01. The fraction of sp³-hybridized carbons (Fsp3) is 0.250. The lowest BCUT2D eigenvalue weighted by Gasteiger charge is -2.19. The van der Waals surface area contributed by atoms with Gasteiger partial charge in [-0.3, -0.25) is 14.9 Å². The first-order valence-electron chi connectivity index (χ1n) is 10.9. The molecule has 0 fully saturated rings. The van der Waals surface area contributed by atoms with E-state index in [2.05, 4.69) is 20.6 Å². The van der Waals surface area contributed by atoms with Gasteiger partial charge in [-0.1, -0.05) is 22.9 Å². The number of nitrogens with one attached hydrogen (secondary N) is 2. The molecule has 4 aromatic rings. The van der Waals surface area contributed by atoms with Gasteiger partial charge in [0.15, 0.2) is 10.3 Å². The molecule has 174 valence electrons. The summed E-state index contributed by atoms with van der Waals surface area (Å²) in [6, 6.07) is 12.4. The number of aryl methyl sites for hydroxylation is 1. The number of ether oxygens (including phenoxy) is 1. The van der Waals surface area contributed by atoms with Crippen LogP contribution in [0, 0.1) is 0 Å². The van der Waals surface area contributed by atoms with E-state index in [4.69, 9.17) is 16.3 Å². The molecule has 0 aliphatic heterocycles. The molecule has 2 aromatic heterocycles. The number of halogens is 1. The number of carbonyl (C=O) groups is 2. The lowest BCUT2D eigenvalue weighted by atomic mass is 9.90. The number of benzene rings is 2. The topological polar surface area (TPSA) is 93.2 Å². The zero-order valence-corrected chi connectivity index (χ0v) is 20.6. The van der Waals surface area contributed by atoms with Gasteiger partial charge >= 0.3 is 0 Å². The van der Waals surface area contributed by atoms with Crippen LogP contribution in [0.1, 0.15) is 46.6 Å². The molecule has 1 atom stereocenters. The summed E-state index contributed by atoms with van der Waals surface area (Å²) < 4.78 is 6.50. The number of rotatable bonds is 6. The number of aromatic nitrogens is 2. The maximum Gasteiger partial charge on any atom is 0.257 e. The average molecular weight is 513 g/mol. The van der Waals surface area contributed by atoms with Crippen LogP contribution in [0.5, 0.6) is 5.75 Å². The lowest BCUT2D eigenvalue weighted by molar-refractivity contribution is -0.117. The number of thiazole rings is 2. The molecule has 10 heteroatoms. The number of anilines is 2. The fourth-order valence-corrected chi connectivity index (χ4v) is 5.99. The maximum absolute atomic E-state index is 13.2. The molecule has 2 aromatic carbocycles. The Kier molecular flexibility index (Phi) is 6.49. The van der Waals surface area contributed by atoms with E-state index in [1.807, 2.05) is 25.1 Å². The number of nitrogens with zero attached hydrogens (tertiary/aromatic N) is 2. The minimum absolute atomic E-state index is 0.133. The van der Waals surface area contributed by atoms with Crippen molar-refractivity contribution in [3.63, 3.8) is 0 Å². The van der Waals surface area contributed by atoms with Gasteiger partial charge in [-0.15, -0.1) is 11.3 Å². The molecule has 5 rings (SSSR count). The van der Waals surface area contributed by atoms with Crippen molar-refractivity contribution in [1.82, 2.24) is 9.97 Å². The summed E-state index contributed by atoms with van der Waals surface area (Å²) in [5, 5.41) is 7.43. The van der Waals surface area contributed by atoms with Gasteiger partial charge in [0.25, 0.3) is 5.91 Å². The van der Waals surface area contributed by atoms with Crippen molar-refractivity contribution >= 4 is 66.6 Å². The van der Waals surface area contributed by atoms with Crippen LogP contribution in [0.3, 0.4) is 0 Å². The second-order valence-corrected chi connectivity index (χ2v) is 10.4. The average Bonchev–Trinajstić information content (AvgIpc) is 3.41. The highest BCUT2D eigenvalue weighted by atomic mass is 35.5. The summed E-state index contributed by atoms with van der Waals surface area (Å²) in [6.45, 7) is 2.53. The Morgan fingerprint density at radius 1 is 1.09 bits per heavy atom. The summed E-state index contributed by atoms with van der Waals surface area (Å²) >= 11 is 8.74. The molecule has 2 heterocycles. The molecule has 0 spiro atoms. The zero-order valence-electron chi connectivity index (χ0n) is 18.3. The van der Waals surface area contributed by atoms with E-state index in [9.17, 15) is 9.59 Å². The van der Waals surface area contributed by atoms with Crippen LogP contribution in [0.25, 0.3) is 10.2 Å². The fourth-order valence-electron chi connectivity index (χ4n) is 3.91. The Morgan fingerprint density at radius 3 is 2.68 bits per heavy atom. The molecule has 7 nitrogen and oxygen atoms in total. The Morgan fingerprint density at radius 2 is 1.88 bits per heavy atom. The van der Waals surface area contributed by atoms with Crippen LogP contribution in [0.4, 0.5) is 10.3 Å². The highest BCUT2D eigenvalue weighted by molar-refractivity contribution is 7.22. The monoisotopic (exact) mass is 512 g/mol. The van der Waals surface area contributed by atoms with Crippen molar-refractivity contribution in [3.05, 3.63) is 63.6 Å². The van der Waals surface area contributed by atoms with Crippen molar-refractivity contribution in [3.8, 4) is 5.75 Å². The largest absolute Gasteiger partial charge is 0.494 e. The molecule has 1 unspecified atom stereocenters. The van der Waals surface area contributed by atoms with E-state index in [0.29, 0.717) is 33.9 Å². The van der Waals surface area contributed by atoms with Crippen molar-refractivity contribution in [1.29, 1.82) is 0 Å². The van der Waals surface area contributed by atoms with Gasteiger partial charge in [-0.2, -0.15) is 0 Å². The molecule has 0 saturated heterocycles. The minimum atomic E-state index is -0.382. The number of hydrogen-bond acceptors (Lipinski definition) is 7. The third-order valence-corrected chi connectivity index (χ3v) is 7.73. The first-order valence-corrected chi connectivity index (χ1v) is 12.9. The first-order chi connectivity index (χ1) is 16.5. The first kappa shape index (κ1) is 22.8. The van der Waals surface area contributed by atoms with Gasteiger partial charge in [0.1, 0.15) is 5.75 Å². The summed E-state index contributed by atoms with van der Waals surface area (Å²) in [7, 11) is 0. The molecule has 2 amide bonds. The summed E-state index contributed by atoms with van der Waals surface area (Å²) in [5.41, 5.74) is 2.05. The van der Waals surface area contributed by atoms with Crippen LogP contribution in [0.2, 0.25) is 5.02 Å². The van der Waals surface area contributed by atoms with E-state index in [1.54, 1.807) is 24.3 Å². The Bertz CT molecular complexity index is 1370. The van der Waals surface area contributed by atoms with E-state index in [0.717, 1.165) is 39.4 Å². The molecular weight excluding hydrogens is 492 g/mol. The SMILES string of the molecule is CCOc1ccc2nc(NC(=O)C3CCCc4sc(NC(=O)c5ccc(Cl)cc5)nc43)sc2c1. The maximum atomic E-state index is 13.2. The van der Waals surface area contributed by atoms with Crippen LogP contribution < -0.4 is 15.4 Å². The van der Waals surface area contributed by atoms with Crippen molar-refractivity contribution in [2.45, 2.75) is 32.1 Å². The van der Waals surface area contributed by atoms with Crippen LogP contribution in [0.15, 0.2) is 42.5 Å². The molecule has 2 N–H and O–H groups in total. The van der Waals surface area contributed by atoms with Crippen molar-refractivity contribution < 1.29 is 14.3 Å². The molecule has 0 bridgehead atoms. The normalized spacial score (nSPS) is 15.1. The third kappa shape index (κ3) is 4.77. The summed E-state index contributed by atoms with van der Waals surface area (Å²) in [4.78, 5) is 35.9. The van der Waals surface area contributed by atoms with Crippen molar-refractivity contribution in [2.75, 3.05) is 17.2 Å². The molecule has 34 heavy (non-hydrogen) atoms. The zero-order chi connectivity index (χ0) is 23.7. The summed E-state index contributed by atoms with van der Waals surface area (Å²) in [6.07, 6.45) is 2.43. The number of fused-ring (bicyclic) bond motifs is 2. The second kappa shape index (κ2) is 9.69. The van der Waals surface area contributed by atoms with Crippen LogP contribution in [-0.2, 0) is 11.2 Å². The molecule has 0 saturated carbocycles. The highest BCUT2D eigenvalue weighted by Crippen LogP contribution is 2.38. The van der Waals surface area contributed by atoms with Gasteiger partial charge in [0, 0.05) is 15.5 Å². The van der Waals surface area contributed by atoms with E-state index in [1.165, 1.54) is 22.7 Å². The van der Waals surface area contributed by atoms with E-state index < -0.39 is 0 Å². The van der Waals surface area contributed by atoms with E-state index in [-0.39, 0.29) is 17.7 Å². The third-order valence-electron chi connectivity index (χ3n) is 5.50. The second-order valence-electron chi connectivity index (χ2n) is 7.80. The molecule has 0 radical (unpaired) electrons. The lowest BCUT2D eigenvalue weighted by Crippen LogP contribution is -2.24. The number of amides is 2. The van der Waals surface area contributed by atoms with Gasteiger partial charge < -0.3 is 10.1 Å². The van der Waals surface area contributed by atoms with Gasteiger partial charge in [0.05, 0.1) is 28.4 Å². The van der Waals surface area contributed by atoms with Gasteiger partial charge in [0.2, 0.25) is 5.91 Å². The van der Waals surface area contributed by atoms with Crippen LogP contribution >= 0.6 is 34.3 Å². The quantitative estimate of drug-likeness (QED) is 0.325. The molecule has 1 aliphatic carbocycles. The predicted molar refractivity (Wildman–Crippen MR) is 137 cm³/mol. The van der Waals surface area contributed by atoms with E-state index >= 15 is 0 Å². The smallest absolute Gasteiger partial charge is 0.257 e. The predicted octanol–water partition coefficient (Wildman–Crippen LogP) is 6.12. The number of hydrogen-bond donors (Lipinski definition) is 2. The highest BCUT2D eigenvalue weighted by Gasteiger charge is 2.31. The van der Waals surface area contributed by atoms with Gasteiger partial charge in [-0.25, -0.2) is 9.97 Å². The minimum Gasteiger partial charge on any atom is -0.494 e. The number of carbonyl (C=O) groups excluding carboxylic acids is 2. The standard InChI is InChI=1S/C24H21ClN4O3S2/c1-2-32-15-10-11-17-19(12-15)34-23(26-17)29-22(31)16-4-3-5-18-20(16)27-24(33-18)28-21(30)13-6-8-14(25)9-7-13/h6-12,16H,2-5H2,1H3,(H,26,29,31)(H,27,28,30). The summed E-state index contributed by atoms with van der Waals surface area (Å²) in [5.74, 6) is 0.00635. The molecule has 1 aliphatic rings. The molecular formula is C24H21ClN4O3S2. The Labute approximate surface area is 209 Å². The van der Waals surface area contributed by atoms with Crippen LogP contribution in [-0.4, -0.2) is 28.4 Å². The van der Waals surface area contributed by atoms with Crippen molar-refractivity contribution in [2.24, 2.45) is 0 Å².